The fourth-order valence-corrected chi connectivity index (χ4v) is 0.875. The molecule has 0 amide bonds. The molecule has 4 heteroatoms. The van der Waals surface area contributed by atoms with E-state index < -0.39 is 12.2 Å². The molecule has 0 heterocycles. The van der Waals surface area contributed by atoms with Crippen molar-refractivity contribution in [1.82, 2.24) is 5.32 Å². The highest BCUT2D eigenvalue weighted by atomic mass is 16.4. The van der Waals surface area contributed by atoms with Crippen LogP contribution in [0.1, 0.15) is 20.8 Å². The summed E-state index contributed by atoms with van der Waals surface area (Å²) in [5.74, 6) is -0.936. The average molecular weight is 173 g/mol. The van der Waals surface area contributed by atoms with Crippen molar-refractivity contribution in [3.05, 3.63) is 11.6 Å². The molecular weight excluding hydrogens is 158 g/mol. The van der Waals surface area contributed by atoms with Crippen LogP contribution in [-0.4, -0.2) is 28.5 Å². The van der Waals surface area contributed by atoms with E-state index >= 15 is 0 Å². The molecule has 0 aliphatic heterocycles. The van der Waals surface area contributed by atoms with Gasteiger partial charge in [0.05, 0.1) is 0 Å². The van der Waals surface area contributed by atoms with E-state index in [9.17, 15) is 4.79 Å². The van der Waals surface area contributed by atoms with E-state index in [0.29, 0.717) is 0 Å². The second-order valence-corrected chi connectivity index (χ2v) is 2.79. The van der Waals surface area contributed by atoms with Crippen LogP contribution in [0.4, 0.5) is 0 Å². The minimum absolute atomic E-state index is 0.138. The highest BCUT2D eigenvalue weighted by Crippen LogP contribution is 1.96. The Morgan fingerprint density at radius 3 is 2.33 bits per heavy atom. The van der Waals surface area contributed by atoms with Crippen molar-refractivity contribution >= 4 is 5.97 Å². The molecule has 70 valence electrons. The van der Waals surface area contributed by atoms with Crippen molar-refractivity contribution in [3.8, 4) is 0 Å². The van der Waals surface area contributed by atoms with Crippen molar-refractivity contribution in [2.24, 2.45) is 0 Å². The summed E-state index contributed by atoms with van der Waals surface area (Å²) in [6, 6.07) is -0.138. The Labute approximate surface area is 71.9 Å². The van der Waals surface area contributed by atoms with Gasteiger partial charge in [0, 0.05) is 11.6 Å². The van der Waals surface area contributed by atoms with E-state index in [1.165, 1.54) is 6.92 Å². The molecule has 0 saturated heterocycles. The number of carboxylic acids is 1. The van der Waals surface area contributed by atoms with Gasteiger partial charge < -0.3 is 10.2 Å². The van der Waals surface area contributed by atoms with E-state index in [0.717, 1.165) is 0 Å². The molecule has 0 aromatic rings. The number of nitrogens with one attached hydrogen (secondary N) is 1. The van der Waals surface area contributed by atoms with Crippen LogP contribution in [0.2, 0.25) is 0 Å². The van der Waals surface area contributed by atoms with Gasteiger partial charge in [-0.05, 0) is 20.8 Å². The third kappa shape index (κ3) is 4.87. The van der Waals surface area contributed by atoms with Gasteiger partial charge in [0.15, 0.2) is 0 Å². The Bertz CT molecular complexity index is 187. The van der Waals surface area contributed by atoms with Crippen LogP contribution < -0.4 is 5.32 Å². The molecule has 0 fully saturated rings. The maximum atomic E-state index is 10.4. The first-order valence-electron chi connectivity index (χ1n) is 3.79. The Hall–Kier alpha value is -0.870. The highest BCUT2D eigenvalue weighted by Gasteiger charge is 2.04. The molecule has 12 heavy (non-hydrogen) atoms. The molecule has 0 aromatic carbocycles. The summed E-state index contributed by atoms with van der Waals surface area (Å²) in [5.41, 5.74) is 0.274. The molecule has 0 aromatic heterocycles. The summed E-state index contributed by atoms with van der Waals surface area (Å²) in [5, 5.41) is 20.1. The van der Waals surface area contributed by atoms with E-state index in [2.05, 4.69) is 5.32 Å². The fourth-order valence-electron chi connectivity index (χ4n) is 0.875. The lowest BCUT2D eigenvalue weighted by molar-refractivity contribution is -0.132. The van der Waals surface area contributed by atoms with Crippen molar-refractivity contribution in [2.45, 2.75) is 33.0 Å². The number of rotatable bonds is 4. The second kappa shape index (κ2) is 4.90. The Morgan fingerprint density at radius 1 is 1.50 bits per heavy atom. The third-order valence-electron chi connectivity index (χ3n) is 1.34. The second-order valence-electron chi connectivity index (χ2n) is 2.79. The molecule has 2 unspecified atom stereocenters. The number of hydrogen-bond donors (Lipinski definition) is 3. The SMILES string of the molecule is CC(=CC(C)NC(C)O)C(=O)O. The number of carboxylic acid groups (broad SMARTS) is 1. The molecule has 0 spiro atoms. The van der Waals surface area contributed by atoms with Crippen molar-refractivity contribution < 1.29 is 15.0 Å². The minimum atomic E-state index is -0.936. The molecule has 0 rings (SSSR count). The first-order chi connectivity index (χ1) is 5.43. The third-order valence-corrected chi connectivity index (χ3v) is 1.34. The smallest absolute Gasteiger partial charge is 0.331 e. The van der Waals surface area contributed by atoms with Gasteiger partial charge in [0.2, 0.25) is 0 Å². The first kappa shape index (κ1) is 11.1. The van der Waals surface area contributed by atoms with Crippen LogP contribution in [-0.2, 0) is 4.79 Å². The lowest BCUT2D eigenvalue weighted by Crippen LogP contribution is -2.33. The summed E-state index contributed by atoms with van der Waals surface area (Å²) < 4.78 is 0. The summed E-state index contributed by atoms with van der Waals surface area (Å²) in [4.78, 5) is 10.4. The van der Waals surface area contributed by atoms with Gasteiger partial charge in [-0.2, -0.15) is 0 Å². The quantitative estimate of drug-likeness (QED) is 0.423. The molecule has 3 N–H and O–H groups in total. The molecule has 0 aliphatic carbocycles. The Balaban J connectivity index is 4.05. The van der Waals surface area contributed by atoms with Crippen LogP contribution >= 0.6 is 0 Å². The minimum Gasteiger partial charge on any atom is -0.478 e. The van der Waals surface area contributed by atoms with Crippen LogP contribution in [0.25, 0.3) is 0 Å². The maximum absolute atomic E-state index is 10.4. The predicted molar refractivity (Wildman–Crippen MR) is 45.7 cm³/mol. The number of hydrogen-bond acceptors (Lipinski definition) is 3. The molecule has 2 atom stereocenters. The standard InChI is InChI=1S/C8H15NO3/c1-5(8(11)12)4-6(2)9-7(3)10/h4,6-7,9-10H,1-3H3,(H,11,12). The van der Waals surface area contributed by atoms with Gasteiger partial charge in [-0.3, -0.25) is 5.32 Å². The van der Waals surface area contributed by atoms with Crippen LogP contribution in [0.5, 0.6) is 0 Å². The zero-order valence-electron chi connectivity index (χ0n) is 7.53. The molecule has 0 aliphatic rings. The summed E-state index contributed by atoms with van der Waals surface area (Å²) >= 11 is 0. The Morgan fingerprint density at radius 2 is 2.00 bits per heavy atom. The molecule has 0 bridgehead atoms. The summed E-state index contributed by atoms with van der Waals surface area (Å²) in [7, 11) is 0. The van der Waals surface area contributed by atoms with Crippen molar-refractivity contribution in [3.63, 3.8) is 0 Å². The largest absolute Gasteiger partial charge is 0.478 e. The number of aliphatic carboxylic acids is 1. The first-order valence-corrected chi connectivity index (χ1v) is 3.79. The lowest BCUT2D eigenvalue weighted by atomic mass is 10.2. The topological polar surface area (TPSA) is 69.6 Å². The fraction of sp³-hybridized carbons (Fsp3) is 0.625. The molecule has 0 radical (unpaired) electrons. The van der Waals surface area contributed by atoms with Crippen LogP contribution in [0, 0.1) is 0 Å². The number of aliphatic hydroxyl groups excluding tert-OH is 1. The Kier molecular flexibility index (Phi) is 4.54. The van der Waals surface area contributed by atoms with Crippen LogP contribution in [0.15, 0.2) is 11.6 Å². The van der Waals surface area contributed by atoms with Gasteiger partial charge in [-0.15, -0.1) is 0 Å². The average Bonchev–Trinajstić information content (AvgIpc) is 1.84. The molecule has 0 saturated carbocycles. The monoisotopic (exact) mass is 173 g/mol. The van der Waals surface area contributed by atoms with E-state index in [4.69, 9.17) is 10.2 Å². The normalized spacial score (nSPS) is 17.2. The van der Waals surface area contributed by atoms with Crippen LogP contribution in [0.3, 0.4) is 0 Å². The van der Waals surface area contributed by atoms with E-state index in [1.807, 2.05) is 0 Å². The zero-order valence-corrected chi connectivity index (χ0v) is 7.53. The lowest BCUT2D eigenvalue weighted by Gasteiger charge is -2.12. The van der Waals surface area contributed by atoms with Gasteiger partial charge in [-0.1, -0.05) is 6.08 Å². The highest BCUT2D eigenvalue weighted by molar-refractivity contribution is 5.85. The van der Waals surface area contributed by atoms with Gasteiger partial charge in [0.25, 0.3) is 0 Å². The summed E-state index contributed by atoms with van der Waals surface area (Å²) in [6.45, 7) is 4.88. The van der Waals surface area contributed by atoms with E-state index in [-0.39, 0.29) is 11.6 Å². The number of aliphatic hydroxyl groups is 1. The molecular formula is C8H15NO3. The van der Waals surface area contributed by atoms with Gasteiger partial charge in [0.1, 0.15) is 6.23 Å². The van der Waals surface area contributed by atoms with Crippen molar-refractivity contribution in [1.29, 1.82) is 0 Å². The summed E-state index contributed by atoms with van der Waals surface area (Å²) in [6.07, 6.45) is 0.924. The molecule has 4 nitrogen and oxygen atoms in total. The van der Waals surface area contributed by atoms with Crippen molar-refractivity contribution in [2.75, 3.05) is 0 Å². The number of carbonyl (C=O) groups is 1. The van der Waals surface area contributed by atoms with E-state index in [1.54, 1.807) is 19.9 Å². The predicted octanol–water partition coefficient (Wildman–Crippen LogP) is 0.334. The zero-order chi connectivity index (χ0) is 9.72. The maximum Gasteiger partial charge on any atom is 0.331 e. The van der Waals surface area contributed by atoms with Gasteiger partial charge in [-0.25, -0.2) is 4.79 Å². The van der Waals surface area contributed by atoms with Gasteiger partial charge >= 0.3 is 5.97 Å².